The molecule has 4 heteroatoms. The summed E-state index contributed by atoms with van der Waals surface area (Å²) < 4.78 is 1.82. The summed E-state index contributed by atoms with van der Waals surface area (Å²) in [5, 5.41) is 8.82. The van der Waals surface area contributed by atoms with Crippen LogP contribution in [0.4, 0.5) is 0 Å². The van der Waals surface area contributed by atoms with Crippen LogP contribution in [0.1, 0.15) is 42.4 Å². The number of nitrogens with zero attached hydrogens (tertiary/aromatic N) is 1. The van der Waals surface area contributed by atoms with Gasteiger partial charge < -0.3 is 9.67 Å². The fourth-order valence-electron chi connectivity index (χ4n) is 1.48. The molecule has 0 saturated carbocycles. The van der Waals surface area contributed by atoms with Crippen molar-refractivity contribution in [3.05, 3.63) is 33.7 Å². The van der Waals surface area contributed by atoms with Gasteiger partial charge in [0.2, 0.25) is 0 Å². The molecule has 0 aliphatic carbocycles. The molecule has 1 aromatic heterocycles. The molecule has 1 heterocycles. The van der Waals surface area contributed by atoms with Gasteiger partial charge in [0.15, 0.2) is 5.43 Å². The molecular weight excluding hydrogens is 194 g/mol. The second-order valence-electron chi connectivity index (χ2n) is 3.66. The average Bonchev–Trinajstić information content (AvgIpc) is 2.16. The first-order chi connectivity index (χ1) is 6.97. The molecule has 4 nitrogen and oxygen atoms in total. The summed E-state index contributed by atoms with van der Waals surface area (Å²) in [4.78, 5) is 22.1. The molecule has 0 aliphatic heterocycles. The zero-order valence-corrected chi connectivity index (χ0v) is 9.15. The Morgan fingerprint density at radius 2 is 2.20 bits per heavy atom. The summed E-state index contributed by atoms with van der Waals surface area (Å²) in [7, 11) is 0. The Hall–Kier alpha value is -1.58. The van der Waals surface area contributed by atoms with Gasteiger partial charge in [-0.3, -0.25) is 4.79 Å². The molecule has 0 saturated heterocycles. The second kappa shape index (κ2) is 4.29. The van der Waals surface area contributed by atoms with E-state index in [1.165, 1.54) is 12.3 Å². The Labute approximate surface area is 88.2 Å². The van der Waals surface area contributed by atoms with Crippen molar-refractivity contribution in [1.29, 1.82) is 0 Å². The minimum atomic E-state index is -1.17. The van der Waals surface area contributed by atoms with Crippen LogP contribution >= 0.6 is 0 Å². The highest BCUT2D eigenvalue weighted by Gasteiger charge is 2.12. The highest BCUT2D eigenvalue weighted by molar-refractivity contribution is 5.87. The van der Waals surface area contributed by atoms with Crippen molar-refractivity contribution in [3.63, 3.8) is 0 Å². The normalized spacial score (nSPS) is 12.5. The van der Waals surface area contributed by atoms with E-state index in [1.54, 1.807) is 6.92 Å². The van der Waals surface area contributed by atoms with Gasteiger partial charge in [-0.15, -0.1) is 0 Å². The fourth-order valence-corrected chi connectivity index (χ4v) is 1.48. The highest BCUT2D eigenvalue weighted by Crippen LogP contribution is 2.12. The van der Waals surface area contributed by atoms with E-state index < -0.39 is 11.4 Å². The van der Waals surface area contributed by atoms with E-state index in [2.05, 4.69) is 0 Å². The number of carbonyl (C=O) groups is 1. The minimum absolute atomic E-state index is 0.166. The van der Waals surface area contributed by atoms with Crippen molar-refractivity contribution >= 4 is 5.97 Å². The summed E-state index contributed by atoms with van der Waals surface area (Å²) >= 11 is 0. The lowest BCUT2D eigenvalue weighted by atomic mass is 10.2. The molecule has 0 radical (unpaired) electrons. The van der Waals surface area contributed by atoms with Crippen molar-refractivity contribution in [2.45, 2.75) is 33.2 Å². The third-order valence-corrected chi connectivity index (χ3v) is 2.58. The van der Waals surface area contributed by atoms with Crippen molar-refractivity contribution in [3.8, 4) is 0 Å². The van der Waals surface area contributed by atoms with E-state index in [4.69, 9.17) is 5.11 Å². The Bertz CT molecular complexity index is 434. The lowest BCUT2D eigenvalue weighted by Crippen LogP contribution is -2.20. The van der Waals surface area contributed by atoms with E-state index in [9.17, 15) is 9.59 Å². The summed E-state index contributed by atoms with van der Waals surface area (Å²) in [6.07, 6.45) is 2.32. The predicted octanol–water partition coefficient (Wildman–Crippen LogP) is 1.83. The average molecular weight is 209 g/mol. The van der Waals surface area contributed by atoms with Crippen LogP contribution in [0.5, 0.6) is 0 Å². The summed E-state index contributed by atoms with van der Waals surface area (Å²) in [6, 6.07) is 1.57. The number of carboxylic acid groups (broad SMARTS) is 1. The minimum Gasteiger partial charge on any atom is -0.477 e. The Morgan fingerprint density at radius 1 is 1.60 bits per heavy atom. The molecule has 15 heavy (non-hydrogen) atoms. The molecule has 1 rings (SSSR count). The van der Waals surface area contributed by atoms with Gasteiger partial charge in [0.05, 0.1) is 0 Å². The summed E-state index contributed by atoms with van der Waals surface area (Å²) in [6.45, 7) is 5.81. The van der Waals surface area contributed by atoms with Crippen LogP contribution in [0, 0.1) is 6.92 Å². The molecular formula is C11H15NO3. The Balaban J connectivity index is 3.36. The smallest absolute Gasteiger partial charge is 0.341 e. The molecule has 1 aromatic rings. The highest BCUT2D eigenvalue weighted by atomic mass is 16.4. The predicted molar refractivity (Wildman–Crippen MR) is 57.4 cm³/mol. The Morgan fingerprint density at radius 3 is 2.67 bits per heavy atom. The van der Waals surface area contributed by atoms with Crippen LogP contribution in [0.25, 0.3) is 0 Å². The van der Waals surface area contributed by atoms with Gasteiger partial charge in [-0.05, 0) is 20.3 Å². The van der Waals surface area contributed by atoms with Crippen molar-refractivity contribution in [1.82, 2.24) is 4.57 Å². The molecule has 0 amide bonds. The fraction of sp³-hybridized carbons (Fsp3) is 0.455. The van der Waals surface area contributed by atoms with Gasteiger partial charge in [-0.2, -0.15) is 0 Å². The number of pyridine rings is 1. The molecule has 0 unspecified atom stereocenters. The lowest BCUT2D eigenvalue weighted by molar-refractivity contribution is 0.0694. The third-order valence-electron chi connectivity index (χ3n) is 2.58. The first-order valence-electron chi connectivity index (χ1n) is 4.93. The standard InChI is InChI=1S/C11H15NO3/c1-4-7(2)12-6-9(11(14)15)10(13)5-8(12)3/h5-7H,4H2,1-3H3,(H,14,15)/t7-/m1/s1. The zero-order valence-electron chi connectivity index (χ0n) is 9.15. The number of aryl methyl sites for hydroxylation is 1. The molecule has 0 aromatic carbocycles. The van der Waals surface area contributed by atoms with Crippen LogP contribution in [0.3, 0.4) is 0 Å². The SMILES string of the molecule is CC[C@@H](C)n1cc(C(=O)O)c(=O)cc1C. The maximum absolute atomic E-state index is 11.4. The van der Waals surface area contributed by atoms with E-state index in [0.717, 1.165) is 12.1 Å². The van der Waals surface area contributed by atoms with Gasteiger partial charge in [-0.1, -0.05) is 6.92 Å². The molecule has 0 spiro atoms. The summed E-state index contributed by atoms with van der Waals surface area (Å²) in [5.41, 5.74) is 0.194. The molecule has 0 fully saturated rings. The molecule has 0 aliphatic rings. The third kappa shape index (κ3) is 2.26. The maximum atomic E-state index is 11.4. The second-order valence-corrected chi connectivity index (χ2v) is 3.66. The van der Waals surface area contributed by atoms with Gasteiger partial charge in [-0.25, -0.2) is 4.79 Å². The Kier molecular flexibility index (Phi) is 3.29. The number of aromatic nitrogens is 1. The monoisotopic (exact) mass is 209 g/mol. The van der Waals surface area contributed by atoms with Crippen LogP contribution in [-0.2, 0) is 0 Å². The van der Waals surface area contributed by atoms with E-state index in [1.807, 2.05) is 18.4 Å². The zero-order chi connectivity index (χ0) is 11.6. The van der Waals surface area contributed by atoms with Crippen LogP contribution in [0.2, 0.25) is 0 Å². The summed E-state index contributed by atoms with van der Waals surface area (Å²) in [5.74, 6) is -1.17. The number of hydrogen-bond donors (Lipinski definition) is 1. The van der Waals surface area contributed by atoms with Gasteiger partial charge >= 0.3 is 5.97 Å². The topological polar surface area (TPSA) is 59.3 Å². The van der Waals surface area contributed by atoms with Gasteiger partial charge in [0.1, 0.15) is 5.56 Å². The van der Waals surface area contributed by atoms with Crippen molar-refractivity contribution < 1.29 is 9.90 Å². The van der Waals surface area contributed by atoms with E-state index in [-0.39, 0.29) is 11.6 Å². The molecule has 82 valence electrons. The van der Waals surface area contributed by atoms with Gasteiger partial charge in [0.25, 0.3) is 0 Å². The quantitative estimate of drug-likeness (QED) is 0.826. The van der Waals surface area contributed by atoms with Crippen LogP contribution in [0.15, 0.2) is 17.1 Å². The number of rotatable bonds is 3. The van der Waals surface area contributed by atoms with Crippen molar-refractivity contribution in [2.24, 2.45) is 0 Å². The maximum Gasteiger partial charge on any atom is 0.341 e. The van der Waals surface area contributed by atoms with E-state index >= 15 is 0 Å². The number of hydrogen-bond acceptors (Lipinski definition) is 2. The van der Waals surface area contributed by atoms with Crippen molar-refractivity contribution in [2.75, 3.05) is 0 Å². The van der Waals surface area contributed by atoms with Crippen LogP contribution < -0.4 is 5.43 Å². The molecule has 1 atom stereocenters. The number of aromatic carboxylic acids is 1. The first kappa shape index (κ1) is 11.5. The molecule has 1 N–H and O–H groups in total. The lowest BCUT2D eigenvalue weighted by Gasteiger charge is -2.17. The number of carboxylic acids is 1. The van der Waals surface area contributed by atoms with Crippen LogP contribution in [-0.4, -0.2) is 15.6 Å². The van der Waals surface area contributed by atoms with E-state index in [0.29, 0.717) is 0 Å². The largest absolute Gasteiger partial charge is 0.477 e. The van der Waals surface area contributed by atoms with Gasteiger partial charge in [0, 0.05) is 24.0 Å². The molecule has 0 bridgehead atoms. The first-order valence-corrected chi connectivity index (χ1v) is 4.93.